The Balaban J connectivity index is 1.93. The Labute approximate surface area is 128 Å². The molecule has 0 aliphatic rings. The van der Waals surface area contributed by atoms with Gasteiger partial charge in [-0.15, -0.1) is 0 Å². The van der Waals surface area contributed by atoms with Crippen LogP contribution in [0.2, 0.25) is 0 Å². The van der Waals surface area contributed by atoms with Crippen molar-refractivity contribution in [2.75, 3.05) is 20.3 Å². The van der Waals surface area contributed by atoms with Gasteiger partial charge in [-0.3, -0.25) is 0 Å². The summed E-state index contributed by atoms with van der Waals surface area (Å²) in [6.45, 7) is 1.81. The van der Waals surface area contributed by atoms with Crippen LogP contribution in [-0.4, -0.2) is 26.3 Å². The first-order chi connectivity index (χ1) is 10.4. The Morgan fingerprint density at radius 1 is 0.857 bits per heavy atom. The van der Waals surface area contributed by atoms with Gasteiger partial charge in [0.1, 0.15) is 0 Å². The molecule has 0 saturated carbocycles. The first kappa shape index (κ1) is 15.7. The van der Waals surface area contributed by atoms with E-state index in [0.717, 1.165) is 32.4 Å². The highest BCUT2D eigenvalue weighted by atomic mass is 16.5. The van der Waals surface area contributed by atoms with Gasteiger partial charge in [0.15, 0.2) is 0 Å². The number of methoxy groups -OCH3 is 1. The van der Waals surface area contributed by atoms with E-state index in [1.165, 1.54) is 11.1 Å². The molecule has 0 amide bonds. The lowest BCUT2D eigenvalue weighted by molar-refractivity contribution is 0.193. The molecule has 2 aromatic carbocycles. The van der Waals surface area contributed by atoms with Crippen molar-refractivity contribution < 1.29 is 4.74 Å². The van der Waals surface area contributed by atoms with Crippen LogP contribution in [0.25, 0.3) is 0 Å². The Kier molecular flexibility index (Phi) is 6.99. The fourth-order valence-corrected chi connectivity index (χ4v) is 2.54. The van der Waals surface area contributed by atoms with E-state index in [2.05, 4.69) is 66.0 Å². The minimum atomic E-state index is 0.464. The van der Waals surface area contributed by atoms with Crippen molar-refractivity contribution >= 4 is 0 Å². The predicted octanol–water partition coefficient (Wildman–Crippen LogP) is 3.47. The van der Waals surface area contributed by atoms with Crippen molar-refractivity contribution in [1.82, 2.24) is 5.32 Å². The maximum absolute atomic E-state index is 5.12. The van der Waals surface area contributed by atoms with Gasteiger partial charge >= 0.3 is 0 Å². The lowest BCUT2D eigenvalue weighted by Gasteiger charge is -2.19. The van der Waals surface area contributed by atoms with E-state index in [1.807, 2.05) is 0 Å². The molecule has 0 heterocycles. The van der Waals surface area contributed by atoms with Gasteiger partial charge in [-0.05, 0) is 36.9 Å². The topological polar surface area (TPSA) is 21.3 Å². The molecule has 2 aromatic rings. The Morgan fingerprint density at radius 3 is 1.86 bits per heavy atom. The van der Waals surface area contributed by atoms with Crippen LogP contribution in [0.4, 0.5) is 0 Å². The number of hydrogen-bond donors (Lipinski definition) is 1. The number of rotatable bonds is 9. The molecule has 0 bridgehead atoms. The highest BCUT2D eigenvalue weighted by Crippen LogP contribution is 2.09. The summed E-state index contributed by atoms with van der Waals surface area (Å²) in [5.41, 5.74) is 2.77. The molecule has 2 rings (SSSR count). The van der Waals surface area contributed by atoms with Gasteiger partial charge in [-0.1, -0.05) is 60.7 Å². The monoisotopic (exact) mass is 283 g/mol. The van der Waals surface area contributed by atoms with Gasteiger partial charge in [0.2, 0.25) is 0 Å². The number of hydrogen-bond acceptors (Lipinski definition) is 2. The summed E-state index contributed by atoms with van der Waals surface area (Å²) < 4.78 is 5.12. The smallest absolute Gasteiger partial charge is 0.0474 e. The summed E-state index contributed by atoms with van der Waals surface area (Å²) in [6.07, 6.45) is 3.17. The summed E-state index contributed by atoms with van der Waals surface area (Å²) in [6, 6.07) is 21.9. The summed E-state index contributed by atoms with van der Waals surface area (Å²) in [5, 5.41) is 3.67. The van der Waals surface area contributed by atoms with E-state index in [4.69, 9.17) is 4.74 Å². The van der Waals surface area contributed by atoms with E-state index < -0.39 is 0 Å². The molecule has 0 aliphatic heterocycles. The third-order valence-electron chi connectivity index (χ3n) is 3.61. The fourth-order valence-electron chi connectivity index (χ4n) is 2.54. The van der Waals surface area contributed by atoms with Gasteiger partial charge in [0.25, 0.3) is 0 Å². The zero-order chi connectivity index (χ0) is 14.8. The molecule has 0 aromatic heterocycles. The third-order valence-corrected chi connectivity index (χ3v) is 3.61. The van der Waals surface area contributed by atoms with Gasteiger partial charge in [-0.25, -0.2) is 0 Å². The van der Waals surface area contributed by atoms with Crippen LogP contribution in [0.1, 0.15) is 17.5 Å². The lowest BCUT2D eigenvalue weighted by atomic mass is 9.99. The van der Waals surface area contributed by atoms with Crippen LogP contribution < -0.4 is 5.32 Å². The molecule has 0 unspecified atom stereocenters. The van der Waals surface area contributed by atoms with Crippen molar-refractivity contribution in [3.05, 3.63) is 71.8 Å². The quantitative estimate of drug-likeness (QED) is 0.712. The van der Waals surface area contributed by atoms with E-state index in [0.29, 0.717) is 6.04 Å². The number of benzene rings is 2. The second-order valence-electron chi connectivity index (χ2n) is 5.38. The molecule has 1 N–H and O–H groups in total. The summed E-state index contributed by atoms with van der Waals surface area (Å²) in [7, 11) is 1.76. The average molecular weight is 283 g/mol. The van der Waals surface area contributed by atoms with Crippen molar-refractivity contribution in [2.24, 2.45) is 0 Å². The molecular formula is C19H25NO. The number of ether oxygens (including phenoxy) is 1. The maximum Gasteiger partial charge on any atom is 0.0474 e. The predicted molar refractivity (Wildman–Crippen MR) is 88.6 cm³/mol. The summed E-state index contributed by atoms with van der Waals surface area (Å²) in [5.74, 6) is 0. The number of nitrogens with one attached hydrogen (secondary N) is 1. The van der Waals surface area contributed by atoms with E-state index in [9.17, 15) is 0 Å². The largest absolute Gasteiger partial charge is 0.385 e. The first-order valence-electron chi connectivity index (χ1n) is 7.68. The first-order valence-corrected chi connectivity index (χ1v) is 7.68. The second-order valence-corrected chi connectivity index (χ2v) is 5.38. The zero-order valence-corrected chi connectivity index (χ0v) is 12.8. The van der Waals surface area contributed by atoms with Crippen LogP contribution in [0.15, 0.2) is 60.7 Å². The Hall–Kier alpha value is -1.64. The lowest BCUT2D eigenvalue weighted by Crippen LogP contribution is -2.34. The third kappa shape index (κ3) is 6.11. The van der Waals surface area contributed by atoms with E-state index >= 15 is 0 Å². The van der Waals surface area contributed by atoms with Gasteiger partial charge in [0.05, 0.1) is 0 Å². The minimum absolute atomic E-state index is 0.464. The molecule has 2 heteroatoms. The van der Waals surface area contributed by atoms with E-state index in [1.54, 1.807) is 7.11 Å². The van der Waals surface area contributed by atoms with Crippen molar-refractivity contribution in [2.45, 2.75) is 25.3 Å². The van der Waals surface area contributed by atoms with Crippen molar-refractivity contribution in [3.8, 4) is 0 Å². The Bertz CT molecular complexity index is 442. The van der Waals surface area contributed by atoms with Crippen LogP contribution in [0.3, 0.4) is 0 Å². The molecule has 0 aliphatic carbocycles. The normalized spacial score (nSPS) is 11.0. The van der Waals surface area contributed by atoms with E-state index in [-0.39, 0.29) is 0 Å². The molecule has 21 heavy (non-hydrogen) atoms. The molecule has 0 radical (unpaired) electrons. The highest BCUT2D eigenvalue weighted by Gasteiger charge is 2.09. The van der Waals surface area contributed by atoms with Gasteiger partial charge in [-0.2, -0.15) is 0 Å². The second kappa shape index (κ2) is 9.32. The van der Waals surface area contributed by atoms with Crippen LogP contribution >= 0.6 is 0 Å². The van der Waals surface area contributed by atoms with Crippen LogP contribution in [0.5, 0.6) is 0 Å². The van der Waals surface area contributed by atoms with Crippen LogP contribution in [0, 0.1) is 0 Å². The molecule has 0 atom stereocenters. The summed E-state index contributed by atoms with van der Waals surface area (Å²) >= 11 is 0. The zero-order valence-electron chi connectivity index (χ0n) is 12.8. The SMILES string of the molecule is COCCCNC(Cc1ccccc1)Cc1ccccc1. The average Bonchev–Trinajstić information content (AvgIpc) is 2.53. The van der Waals surface area contributed by atoms with Crippen molar-refractivity contribution in [1.29, 1.82) is 0 Å². The molecular weight excluding hydrogens is 258 g/mol. The molecule has 0 spiro atoms. The minimum Gasteiger partial charge on any atom is -0.385 e. The van der Waals surface area contributed by atoms with Crippen molar-refractivity contribution in [3.63, 3.8) is 0 Å². The molecule has 112 valence electrons. The highest BCUT2D eigenvalue weighted by molar-refractivity contribution is 5.19. The summed E-state index contributed by atoms with van der Waals surface area (Å²) in [4.78, 5) is 0. The molecule has 0 saturated heterocycles. The maximum atomic E-state index is 5.12. The Morgan fingerprint density at radius 2 is 1.38 bits per heavy atom. The standard InChI is InChI=1S/C19H25NO/c1-21-14-8-13-20-19(15-17-9-4-2-5-10-17)16-18-11-6-3-7-12-18/h2-7,9-12,19-20H,8,13-16H2,1H3. The molecule has 0 fully saturated rings. The van der Waals surface area contributed by atoms with Gasteiger partial charge < -0.3 is 10.1 Å². The van der Waals surface area contributed by atoms with Gasteiger partial charge in [0, 0.05) is 19.8 Å². The van der Waals surface area contributed by atoms with Crippen LogP contribution in [-0.2, 0) is 17.6 Å². The molecule has 2 nitrogen and oxygen atoms in total. The fraction of sp³-hybridized carbons (Fsp3) is 0.368.